The molecule has 2 aliphatic rings. The fourth-order valence-corrected chi connectivity index (χ4v) is 8.66. The molecule has 11 heteroatoms. The summed E-state index contributed by atoms with van der Waals surface area (Å²) in [6.45, 7) is 8.15. The number of hydrogen-bond acceptors (Lipinski definition) is 6. The second kappa shape index (κ2) is 10.9. The van der Waals surface area contributed by atoms with Crippen LogP contribution in [0.5, 0.6) is 0 Å². The lowest BCUT2D eigenvalue weighted by molar-refractivity contribution is -0.145. The molecule has 2 heterocycles. The third-order valence-electron chi connectivity index (χ3n) is 8.05. The predicted octanol–water partition coefficient (Wildman–Crippen LogP) is 5.32. The molecule has 1 amide bonds. The molecule has 0 spiro atoms. The number of carbonyl (C=O) groups excluding carboxylic acids is 1. The first-order valence-electron chi connectivity index (χ1n) is 14.0. The maximum absolute atomic E-state index is 13.4. The molecule has 1 aromatic carbocycles. The van der Waals surface area contributed by atoms with Gasteiger partial charge in [0.05, 0.1) is 32.9 Å². The van der Waals surface area contributed by atoms with Crippen LogP contribution in [-0.2, 0) is 21.4 Å². The number of nitrogens with zero attached hydrogens (tertiary/aromatic N) is 2. The molecule has 2 saturated carbocycles. The Morgan fingerprint density at radius 3 is 2.50 bits per heavy atom. The number of carboxylic acids is 1. The van der Waals surface area contributed by atoms with Crippen molar-refractivity contribution in [2.45, 2.75) is 95.7 Å². The maximum Gasteiger partial charge on any atom is 0.306 e. The fourth-order valence-electron chi connectivity index (χ4n) is 5.96. The highest BCUT2D eigenvalue weighted by atomic mass is 32.2. The van der Waals surface area contributed by atoms with Gasteiger partial charge in [0.1, 0.15) is 4.90 Å². The number of carboxylic acid groups (broad SMARTS) is 1. The minimum Gasteiger partial charge on any atom is -0.481 e. The molecule has 2 aliphatic carbocycles. The van der Waals surface area contributed by atoms with E-state index in [0.29, 0.717) is 34.5 Å². The van der Waals surface area contributed by atoms with Crippen LogP contribution in [0.2, 0.25) is 0 Å². The molecule has 5 rings (SSSR count). The first-order valence-corrected chi connectivity index (χ1v) is 16.3. The van der Waals surface area contributed by atoms with Crippen LogP contribution in [-0.4, -0.2) is 46.5 Å². The van der Waals surface area contributed by atoms with E-state index in [1.54, 1.807) is 17.6 Å². The standard InChI is InChI=1S/C29H38N4O5S2/c1-17-22(27(34)31-20-12-19(13-20)28(35)36)14-23(33(17)15-18-8-6-5-7-9-18)21-10-11-24(26-25(21)30-16-39-26)40(37,38)32-29(2,3)4/h10-11,14,16,18-20,32H,5-9,12-13,15H2,1-4H3,(H,31,34)(H,35,36). The molecule has 40 heavy (non-hydrogen) atoms. The average molecular weight is 587 g/mol. The van der Waals surface area contributed by atoms with Gasteiger partial charge in [0.25, 0.3) is 5.91 Å². The maximum atomic E-state index is 13.4. The van der Waals surface area contributed by atoms with Gasteiger partial charge in [0, 0.05) is 29.4 Å². The number of rotatable bonds is 8. The van der Waals surface area contributed by atoms with E-state index in [1.165, 1.54) is 30.6 Å². The highest BCUT2D eigenvalue weighted by Crippen LogP contribution is 2.38. The van der Waals surface area contributed by atoms with Gasteiger partial charge in [-0.1, -0.05) is 19.3 Å². The number of aliphatic carboxylic acids is 1. The number of hydrogen-bond donors (Lipinski definition) is 3. The first-order chi connectivity index (χ1) is 18.8. The van der Waals surface area contributed by atoms with Crippen LogP contribution in [0.4, 0.5) is 0 Å². The number of thiazole rings is 1. The number of sulfonamides is 1. The Kier molecular flexibility index (Phi) is 7.84. The van der Waals surface area contributed by atoms with Gasteiger partial charge >= 0.3 is 5.97 Å². The van der Waals surface area contributed by atoms with E-state index in [-0.39, 0.29) is 16.8 Å². The molecule has 216 valence electrons. The van der Waals surface area contributed by atoms with E-state index < -0.39 is 27.4 Å². The van der Waals surface area contributed by atoms with Gasteiger partial charge in [-0.15, -0.1) is 11.3 Å². The normalized spacial score (nSPS) is 20.4. The van der Waals surface area contributed by atoms with E-state index in [9.17, 15) is 23.1 Å². The van der Waals surface area contributed by atoms with E-state index in [1.807, 2.05) is 33.8 Å². The van der Waals surface area contributed by atoms with Crippen LogP contribution in [0.3, 0.4) is 0 Å². The van der Waals surface area contributed by atoms with Crippen molar-refractivity contribution < 1.29 is 23.1 Å². The number of benzene rings is 1. The molecular formula is C29H38N4O5S2. The lowest BCUT2D eigenvalue weighted by atomic mass is 9.80. The van der Waals surface area contributed by atoms with Crippen molar-refractivity contribution in [3.05, 3.63) is 35.0 Å². The van der Waals surface area contributed by atoms with Gasteiger partial charge in [-0.05, 0) is 77.5 Å². The molecule has 0 radical (unpaired) electrons. The molecule has 0 aliphatic heterocycles. The monoisotopic (exact) mass is 586 g/mol. The Hall–Kier alpha value is -2.76. The van der Waals surface area contributed by atoms with Crippen molar-refractivity contribution >= 4 is 43.5 Å². The summed E-state index contributed by atoms with van der Waals surface area (Å²) < 4.78 is 32.0. The van der Waals surface area contributed by atoms with E-state index in [0.717, 1.165) is 36.3 Å². The molecule has 0 unspecified atom stereocenters. The van der Waals surface area contributed by atoms with Crippen LogP contribution < -0.4 is 10.0 Å². The molecule has 9 nitrogen and oxygen atoms in total. The SMILES string of the molecule is Cc1c(C(=O)NC2CC(C(=O)O)C2)cc(-c2ccc(S(=O)(=O)NC(C)(C)C)c3scnc23)n1CC1CCCCC1. The van der Waals surface area contributed by atoms with E-state index >= 15 is 0 Å². The average Bonchev–Trinajstić information content (AvgIpc) is 3.45. The third-order valence-corrected chi connectivity index (χ3v) is 10.8. The molecule has 3 aromatic rings. The molecule has 0 saturated heterocycles. The Morgan fingerprint density at radius 2 is 1.85 bits per heavy atom. The van der Waals surface area contributed by atoms with E-state index in [2.05, 4.69) is 19.6 Å². The van der Waals surface area contributed by atoms with Crippen LogP contribution in [0.15, 0.2) is 28.6 Å². The fraction of sp³-hybridized carbons (Fsp3) is 0.552. The minimum absolute atomic E-state index is 0.150. The topological polar surface area (TPSA) is 130 Å². The zero-order valence-corrected chi connectivity index (χ0v) is 25.1. The van der Waals surface area contributed by atoms with Crippen LogP contribution in [0, 0.1) is 18.8 Å². The first kappa shape index (κ1) is 28.8. The highest BCUT2D eigenvalue weighted by Gasteiger charge is 2.36. The van der Waals surface area contributed by atoms with Crippen LogP contribution in [0.1, 0.15) is 81.8 Å². The van der Waals surface area contributed by atoms with Gasteiger partial charge in [-0.2, -0.15) is 0 Å². The van der Waals surface area contributed by atoms with Gasteiger partial charge in [0.15, 0.2) is 0 Å². The van der Waals surface area contributed by atoms with Crippen LogP contribution in [0.25, 0.3) is 21.5 Å². The highest BCUT2D eigenvalue weighted by molar-refractivity contribution is 7.90. The number of aromatic nitrogens is 2. The summed E-state index contributed by atoms with van der Waals surface area (Å²) in [6, 6.07) is 5.17. The van der Waals surface area contributed by atoms with Gasteiger partial charge < -0.3 is 15.0 Å². The minimum atomic E-state index is -3.78. The summed E-state index contributed by atoms with van der Waals surface area (Å²) in [5.41, 5.74) is 4.66. The third kappa shape index (κ3) is 5.82. The Balaban J connectivity index is 1.54. The molecule has 2 aromatic heterocycles. The van der Waals surface area contributed by atoms with Gasteiger partial charge in [-0.3, -0.25) is 9.59 Å². The second-order valence-corrected chi connectivity index (χ2v) is 14.8. The number of carbonyl (C=O) groups is 2. The zero-order valence-electron chi connectivity index (χ0n) is 23.5. The summed E-state index contributed by atoms with van der Waals surface area (Å²) in [5, 5.41) is 12.2. The van der Waals surface area contributed by atoms with Gasteiger partial charge in [0.2, 0.25) is 10.0 Å². The van der Waals surface area contributed by atoms with Crippen molar-refractivity contribution in [2.24, 2.45) is 11.8 Å². The van der Waals surface area contributed by atoms with Crippen LogP contribution >= 0.6 is 11.3 Å². The number of fused-ring (bicyclic) bond motifs is 1. The van der Waals surface area contributed by atoms with Crippen molar-refractivity contribution in [1.29, 1.82) is 0 Å². The Morgan fingerprint density at radius 1 is 1.15 bits per heavy atom. The Bertz CT molecular complexity index is 1540. The second-order valence-electron chi connectivity index (χ2n) is 12.3. The lowest BCUT2D eigenvalue weighted by Crippen LogP contribution is -2.46. The summed E-state index contributed by atoms with van der Waals surface area (Å²) in [6.07, 6.45) is 6.80. The molecule has 3 N–H and O–H groups in total. The summed E-state index contributed by atoms with van der Waals surface area (Å²) in [4.78, 5) is 29.4. The number of nitrogens with one attached hydrogen (secondary N) is 2. The van der Waals surface area contributed by atoms with E-state index in [4.69, 9.17) is 0 Å². The molecule has 0 atom stereocenters. The van der Waals surface area contributed by atoms with Crippen molar-refractivity contribution in [2.75, 3.05) is 0 Å². The quantitative estimate of drug-likeness (QED) is 0.327. The van der Waals surface area contributed by atoms with Crippen molar-refractivity contribution in [1.82, 2.24) is 19.6 Å². The largest absolute Gasteiger partial charge is 0.481 e. The van der Waals surface area contributed by atoms with Crippen molar-refractivity contribution in [3.8, 4) is 11.3 Å². The Labute approximate surface area is 239 Å². The smallest absolute Gasteiger partial charge is 0.306 e. The van der Waals surface area contributed by atoms with Gasteiger partial charge in [-0.25, -0.2) is 18.1 Å². The predicted molar refractivity (Wildman–Crippen MR) is 156 cm³/mol. The molecule has 0 bridgehead atoms. The summed E-state index contributed by atoms with van der Waals surface area (Å²) in [5.74, 6) is -0.937. The van der Waals surface area contributed by atoms with Crippen molar-refractivity contribution in [3.63, 3.8) is 0 Å². The summed E-state index contributed by atoms with van der Waals surface area (Å²) >= 11 is 1.29. The zero-order chi connectivity index (χ0) is 28.8. The molecule has 2 fully saturated rings. The molecular weight excluding hydrogens is 548 g/mol. The lowest BCUT2D eigenvalue weighted by Gasteiger charge is -2.32. The summed E-state index contributed by atoms with van der Waals surface area (Å²) in [7, 11) is -3.78. The number of amides is 1.